The van der Waals surface area contributed by atoms with Gasteiger partial charge in [-0.2, -0.15) is 13.2 Å². The van der Waals surface area contributed by atoms with Gasteiger partial charge in [0.25, 0.3) is 0 Å². The van der Waals surface area contributed by atoms with E-state index in [1.54, 1.807) is 12.4 Å². The van der Waals surface area contributed by atoms with Gasteiger partial charge in [0.2, 0.25) is 0 Å². The van der Waals surface area contributed by atoms with Crippen LogP contribution in [0.2, 0.25) is 0 Å². The Hall–Kier alpha value is -2.64. The van der Waals surface area contributed by atoms with Crippen LogP contribution >= 0.6 is 0 Å². The molecule has 5 nitrogen and oxygen atoms in total. The first-order valence-corrected chi connectivity index (χ1v) is 6.50. The Kier molecular flexibility index (Phi) is 3.44. The highest BCUT2D eigenvalue weighted by Gasteiger charge is 2.30. The number of rotatable bonds is 3. The molecule has 2 heterocycles. The fourth-order valence-corrected chi connectivity index (χ4v) is 2.05. The molecule has 3 rings (SSSR count). The predicted octanol–water partition coefficient (Wildman–Crippen LogP) is 2.84. The van der Waals surface area contributed by atoms with Crippen molar-refractivity contribution in [1.29, 1.82) is 0 Å². The van der Waals surface area contributed by atoms with E-state index < -0.39 is 11.7 Å². The van der Waals surface area contributed by atoms with E-state index in [0.29, 0.717) is 17.9 Å². The summed E-state index contributed by atoms with van der Waals surface area (Å²) in [6, 6.07) is 4.78. The summed E-state index contributed by atoms with van der Waals surface area (Å²) in [5, 5.41) is 7.96. The molecule has 0 saturated heterocycles. The van der Waals surface area contributed by atoms with Gasteiger partial charge in [0.1, 0.15) is 11.5 Å². The minimum atomic E-state index is -4.34. The summed E-state index contributed by atoms with van der Waals surface area (Å²) in [5.41, 5.74) is 0.528. The molecule has 0 aliphatic carbocycles. The highest BCUT2D eigenvalue weighted by Crippen LogP contribution is 2.29. The molecule has 0 spiro atoms. The standard InChI is InChI=1S/C14H12F3N5/c1-10-18-6-7-21(10)8-12-9-22(20-19-12)13-4-2-11(3-5-13)14(15,16)17/h2-7,9H,8H2,1H3. The Bertz CT molecular complexity index is 770. The molecule has 2 aromatic heterocycles. The van der Waals surface area contributed by atoms with Crippen LogP contribution in [-0.4, -0.2) is 24.5 Å². The number of aryl methyl sites for hydroxylation is 1. The van der Waals surface area contributed by atoms with Gasteiger partial charge in [-0.05, 0) is 31.2 Å². The highest BCUT2D eigenvalue weighted by atomic mass is 19.4. The molecule has 114 valence electrons. The van der Waals surface area contributed by atoms with Gasteiger partial charge in [-0.1, -0.05) is 5.21 Å². The van der Waals surface area contributed by atoms with Crippen LogP contribution in [0.4, 0.5) is 13.2 Å². The Morgan fingerprint density at radius 3 is 2.45 bits per heavy atom. The van der Waals surface area contributed by atoms with Gasteiger partial charge in [-0.25, -0.2) is 9.67 Å². The van der Waals surface area contributed by atoms with Crippen LogP contribution in [0, 0.1) is 6.92 Å². The normalized spacial score (nSPS) is 11.8. The van der Waals surface area contributed by atoms with Crippen LogP contribution in [0.15, 0.2) is 42.9 Å². The molecule has 3 aromatic rings. The van der Waals surface area contributed by atoms with Crippen LogP contribution in [0.3, 0.4) is 0 Å². The first kappa shape index (κ1) is 14.3. The van der Waals surface area contributed by atoms with E-state index in [1.807, 2.05) is 17.7 Å². The Morgan fingerprint density at radius 1 is 1.14 bits per heavy atom. The molecular weight excluding hydrogens is 295 g/mol. The molecule has 0 unspecified atom stereocenters. The third-order valence-corrected chi connectivity index (χ3v) is 3.26. The molecule has 0 radical (unpaired) electrons. The molecule has 0 aliphatic heterocycles. The maximum atomic E-state index is 12.5. The lowest BCUT2D eigenvalue weighted by Crippen LogP contribution is -2.05. The first-order chi connectivity index (χ1) is 10.4. The number of aromatic nitrogens is 5. The first-order valence-electron chi connectivity index (χ1n) is 6.50. The third kappa shape index (κ3) is 2.85. The van der Waals surface area contributed by atoms with Gasteiger partial charge < -0.3 is 4.57 Å². The summed E-state index contributed by atoms with van der Waals surface area (Å²) in [4.78, 5) is 4.11. The summed E-state index contributed by atoms with van der Waals surface area (Å²) in [6.45, 7) is 2.38. The van der Waals surface area contributed by atoms with E-state index in [1.165, 1.54) is 16.8 Å². The summed E-state index contributed by atoms with van der Waals surface area (Å²) >= 11 is 0. The smallest absolute Gasteiger partial charge is 0.329 e. The zero-order valence-corrected chi connectivity index (χ0v) is 11.6. The average Bonchev–Trinajstić information content (AvgIpc) is 3.09. The predicted molar refractivity (Wildman–Crippen MR) is 72.4 cm³/mol. The molecule has 0 N–H and O–H groups in total. The van der Waals surface area contributed by atoms with Crippen LogP contribution in [0.1, 0.15) is 17.1 Å². The number of alkyl halides is 3. The topological polar surface area (TPSA) is 48.5 Å². The van der Waals surface area contributed by atoms with Crippen molar-refractivity contribution in [2.24, 2.45) is 0 Å². The molecule has 8 heteroatoms. The lowest BCUT2D eigenvalue weighted by atomic mass is 10.2. The Morgan fingerprint density at radius 2 is 1.86 bits per heavy atom. The van der Waals surface area contributed by atoms with E-state index in [2.05, 4.69) is 15.3 Å². The van der Waals surface area contributed by atoms with Gasteiger partial charge in [-0.15, -0.1) is 5.10 Å². The van der Waals surface area contributed by atoms with Gasteiger partial charge >= 0.3 is 6.18 Å². The van der Waals surface area contributed by atoms with Gasteiger partial charge in [-0.3, -0.25) is 0 Å². The minimum Gasteiger partial charge on any atom is -0.329 e. The molecule has 0 fully saturated rings. The van der Waals surface area contributed by atoms with Crippen LogP contribution < -0.4 is 0 Å². The maximum Gasteiger partial charge on any atom is 0.416 e. The zero-order valence-electron chi connectivity index (χ0n) is 11.6. The van der Waals surface area contributed by atoms with E-state index in [9.17, 15) is 13.2 Å². The number of hydrogen-bond acceptors (Lipinski definition) is 3. The van der Waals surface area contributed by atoms with Crippen molar-refractivity contribution < 1.29 is 13.2 Å². The van der Waals surface area contributed by atoms with Crippen molar-refractivity contribution in [3.63, 3.8) is 0 Å². The Balaban J connectivity index is 1.80. The molecule has 1 aromatic carbocycles. The largest absolute Gasteiger partial charge is 0.416 e. The summed E-state index contributed by atoms with van der Waals surface area (Å²) < 4.78 is 40.9. The van der Waals surface area contributed by atoms with Crippen LogP contribution in [-0.2, 0) is 12.7 Å². The molecule has 0 bridgehead atoms. The van der Waals surface area contributed by atoms with Gasteiger partial charge in [0.05, 0.1) is 24.0 Å². The second-order valence-corrected chi connectivity index (χ2v) is 4.80. The lowest BCUT2D eigenvalue weighted by molar-refractivity contribution is -0.137. The van der Waals surface area contributed by atoms with Gasteiger partial charge in [0.15, 0.2) is 0 Å². The van der Waals surface area contributed by atoms with Crippen molar-refractivity contribution in [2.45, 2.75) is 19.6 Å². The minimum absolute atomic E-state index is 0.506. The number of nitrogens with zero attached hydrogens (tertiary/aromatic N) is 5. The van der Waals surface area contributed by atoms with Crippen molar-refractivity contribution in [3.05, 3.63) is 59.9 Å². The summed E-state index contributed by atoms with van der Waals surface area (Å²) in [5.74, 6) is 0.851. The number of imidazole rings is 1. The summed E-state index contributed by atoms with van der Waals surface area (Å²) in [6.07, 6.45) is 0.856. The fraction of sp³-hybridized carbons (Fsp3) is 0.214. The monoisotopic (exact) mass is 307 g/mol. The Labute approximate surface area is 124 Å². The molecule has 22 heavy (non-hydrogen) atoms. The van der Waals surface area contributed by atoms with Crippen molar-refractivity contribution in [2.75, 3.05) is 0 Å². The average molecular weight is 307 g/mol. The summed E-state index contributed by atoms with van der Waals surface area (Å²) in [7, 11) is 0. The van der Waals surface area contributed by atoms with Crippen molar-refractivity contribution in [1.82, 2.24) is 24.5 Å². The van der Waals surface area contributed by atoms with Crippen molar-refractivity contribution in [3.8, 4) is 5.69 Å². The zero-order chi connectivity index (χ0) is 15.7. The molecule has 0 amide bonds. The number of benzene rings is 1. The second-order valence-electron chi connectivity index (χ2n) is 4.80. The fourth-order valence-electron chi connectivity index (χ4n) is 2.05. The number of hydrogen-bond donors (Lipinski definition) is 0. The van der Waals surface area contributed by atoms with E-state index >= 15 is 0 Å². The number of halogens is 3. The maximum absolute atomic E-state index is 12.5. The van der Waals surface area contributed by atoms with Crippen molar-refractivity contribution >= 4 is 0 Å². The van der Waals surface area contributed by atoms with E-state index in [4.69, 9.17) is 0 Å². The van der Waals surface area contributed by atoms with E-state index in [0.717, 1.165) is 18.0 Å². The third-order valence-electron chi connectivity index (χ3n) is 3.26. The van der Waals surface area contributed by atoms with Crippen LogP contribution in [0.5, 0.6) is 0 Å². The highest BCUT2D eigenvalue weighted by molar-refractivity contribution is 5.34. The van der Waals surface area contributed by atoms with Gasteiger partial charge in [0, 0.05) is 12.4 Å². The lowest BCUT2D eigenvalue weighted by Gasteiger charge is -2.07. The molecular formula is C14H12F3N5. The molecule has 0 aliphatic rings. The SMILES string of the molecule is Cc1nccn1Cc1cn(-c2ccc(C(F)(F)F)cc2)nn1. The molecule has 0 saturated carbocycles. The quantitative estimate of drug-likeness (QED) is 0.747. The van der Waals surface area contributed by atoms with Crippen LogP contribution in [0.25, 0.3) is 5.69 Å². The van der Waals surface area contributed by atoms with E-state index in [-0.39, 0.29) is 0 Å². The molecule has 0 atom stereocenters. The second kappa shape index (κ2) is 5.28.